The van der Waals surface area contributed by atoms with Gasteiger partial charge in [-0.05, 0) is 43.4 Å². The third kappa shape index (κ3) is 3.72. The van der Waals surface area contributed by atoms with E-state index < -0.39 is 0 Å². The van der Waals surface area contributed by atoms with Crippen LogP contribution in [0, 0.1) is 13.8 Å². The Morgan fingerprint density at radius 2 is 2.07 bits per heavy atom. The normalized spacial score (nSPS) is 10.1. The highest BCUT2D eigenvalue weighted by Crippen LogP contribution is 2.11. The second-order valence-electron chi connectivity index (χ2n) is 3.84. The molecule has 1 aromatic rings. The predicted molar refractivity (Wildman–Crippen MR) is 61.2 cm³/mol. The van der Waals surface area contributed by atoms with Crippen LogP contribution in [0.3, 0.4) is 0 Å². The van der Waals surface area contributed by atoms with E-state index in [0.29, 0.717) is 6.42 Å². The second kappa shape index (κ2) is 5.51. The van der Waals surface area contributed by atoms with Crippen LogP contribution in [0.4, 0.5) is 0 Å². The van der Waals surface area contributed by atoms with Gasteiger partial charge in [0.05, 0.1) is 0 Å². The summed E-state index contributed by atoms with van der Waals surface area (Å²) in [4.78, 5) is 10.9. The Kier molecular flexibility index (Phi) is 4.31. The largest absolute Gasteiger partial charge is 0.294 e. The van der Waals surface area contributed by atoms with Crippen LogP contribution >= 0.6 is 0 Å². The first kappa shape index (κ1) is 11.7. The number of hydrogen-bond acceptors (Lipinski definition) is 2. The molecule has 0 aliphatic heterocycles. The third-order valence-electron chi connectivity index (χ3n) is 2.60. The summed E-state index contributed by atoms with van der Waals surface area (Å²) >= 11 is 0. The van der Waals surface area contributed by atoms with E-state index in [1.54, 1.807) is 0 Å². The summed E-state index contributed by atoms with van der Waals surface area (Å²) in [7, 11) is 0. The van der Waals surface area contributed by atoms with Crippen molar-refractivity contribution in [2.75, 3.05) is 0 Å². The molecule has 0 radical (unpaired) electrons. The van der Waals surface area contributed by atoms with Gasteiger partial charge in [0.2, 0.25) is 5.91 Å². The minimum absolute atomic E-state index is 0.0983. The molecule has 0 atom stereocenters. The zero-order valence-corrected chi connectivity index (χ0v) is 9.34. The van der Waals surface area contributed by atoms with Crippen molar-refractivity contribution in [1.29, 1.82) is 0 Å². The SMILES string of the molecule is Cc1ccc(CCCC(=O)NN)cc1C. The lowest BCUT2D eigenvalue weighted by Gasteiger charge is -2.04. The van der Waals surface area contributed by atoms with Gasteiger partial charge in [0, 0.05) is 6.42 Å². The van der Waals surface area contributed by atoms with E-state index >= 15 is 0 Å². The summed E-state index contributed by atoms with van der Waals surface area (Å²) < 4.78 is 0. The molecule has 0 bridgehead atoms. The van der Waals surface area contributed by atoms with E-state index in [-0.39, 0.29) is 5.91 Å². The van der Waals surface area contributed by atoms with Gasteiger partial charge in [-0.15, -0.1) is 0 Å². The van der Waals surface area contributed by atoms with Gasteiger partial charge in [0.15, 0.2) is 0 Å². The first-order valence-corrected chi connectivity index (χ1v) is 5.19. The minimum atomic E-state index is -0.0983. The predicted octanol–water partition coefficient (Wildman–Crippen LogP) is 1.62. The highest BCUT2D eigenvalue weighted by molar-refractivity contribution is 5.75. The Morgan fingerprint density at radius 1 is 1.33 bits per heavy atom. The molecule has 3 heteroatoms. The maximum Gasteiger partial charge on any atom is 0.233 e. The number of hydrogen-bond donors (Lipinski definition) is 2. The molecule has 3 nitrogen and oxygen atoms in total. The van der Waals surface area contributed by atoms with Gasteiger partial charge < -0.3 is 0 Å². The van der Waals surface area contributed by atoms with E-state index in [1.807, 2.05) is 0 Å². The molecule has 0 unspecified atom stereocenters. The Balaban J connectivity index is 2.44. The van der Waals surface area contributed by atoms with Crippen molar-refractivity contribution in [3.8, 4) is 0 Å². The van der Waals surface area contributed by atoms with Crippen LogP contribution in [0.1, 0.15) is 29.5 Å². The van der Waals surface area contributed by atoms with Crippen molar-refractivity contribution in [3.63, 3.8) is 0 Å². The highest BCUT2D eigenvalue weighted by atomic mass is 16.2. The molecule has 0 fully saturated rings. The number of nitrogens with one attached hydrogen (secondary N) is 1. The lowest BCUT2D eigenvalue weighted by molar-refractivity contribution is -0.121. The maximum absolute atomic E-state index is 10.9. The molecule has 0 spiro atoms. The minimum Gasteiger partial charge on any atom is -0.294 e. The Hall–Kier alpha value is -1.35. The molecule has 1 rings (SSSR count). The van der Waals surface area contributed by atoms with Gasteiger partial charge in [0.1, 0.15) is 0 Å². The quantitative estimate of drug-likeness (QED) is 0.447. The fourth-order valence-corrected chi connectivity index (χ4v) is 1.48. The molecule has 0 saturated heterocycles. The molecule has 3 N–H and O–H groups in total. The average Bonchev–Trinajstić information content (AvgIpc) is 2.23. The second-order valence-corrected chi connectivity index (χ2v) is 3.84. The van der Waals surface area contributed by atoms with Crippen molar-refractivity contribution < 1.29 is 4.79 Å². The molecule has 0 saturated carbocycles. The molecule has 0 heterocycles. The number of rotatable bonds is 4. The van der Waals surface area contributed by atoms with Crippen molar-refractivity contribution in [2.45, 2.75) is 33.1 Å². The van der Waals surface area contributed by atoms with E-state index in [1.165, 1.54) is 16.7 Å². The van der Waals surface area contributed by atoms with Crippen molar-refractivity contribution >= 4 is 5.91 Å². The van der Waals surface area contributed by atoms with Gasteiger partial charge in [-0.3, -0.25) is 10.2 Å². The van der Waals surface area contributed by atoms with Crippen LogP contribution < -0.4 is 11.3 Å². The third-order valence-corrected chi connectivity index (χ3v) is 2.60. The van der Waals surface area contributed by atoms with E-state index in [2.05, 4.69) is 37.5 Å². The monoisotopic (exact) mass is 206 g/mol. The summed E-state index contributed by atoms with van der Waals surface area (Å²) in [6, 6.07) is 6.41. The summed E-state index contributed by atoms with van der Waals surface area (Å²) in [5, 5.41) is 0. The lowest BCUT2D eigenvalue weighted by Crippen LogP contribution is -2.29. The summed E-state index contributed by atoms with van der Waals surface area (Å²) in [6.45, 7) is 4.20. The Labute approximate surface area is 90.6 Å². The fraction of sp³-hybridized carbons (Fsp3) is 0.417. The van der Waals surface area contributed by atoms with E-state index in [0.717, 1.165) is 12.8 Å². The summed E-state index contributed by atoms with van der Waals surface area (Å²) in [5.41, 5.74) is 6.02. The van der Waals surface area contributed by atoms with E-state index in [4.69, 9.17) is 5.84 Å². The molecule has 82 valence electrons. The Morgan fingerprint density at radius 3 is 2.67 bits per heavy atom. The smallest absolute Gasteiger partial charge is 0.233 e. The Bertz CT molecular complexity index is 347. The van der Waals surface area contributed by atoms with Crippen molar-refractivity contribution in [3.05, 3.63) is 34.9 Å². The van der Waals surface area contributed by atoms with Crippen LogP contribution in [0.25, 0.3) is 0 Å². The standard InChI is InChI=1S/C12H18N2O/c1-9-6-7-11(8-10(9)2)4-3-5-12(15)14-13/h6-8H,3-5,13H2,1-2H3,(H,14,15). The molecule has 0 aliphatic carbocycles. The zero-order valence-electron chi connectivity index (χ0n) is 9.34. The molecular weight excluding hydrogens is 188 g/mol. The van der Waals surface area contributed by atoms with Crippen LogP contribution in [0.5, 0.6) is 0 Å². The molecular formula is C12H18N2O. The molecule has 0 aromatic heterocycles. The van der Waals surface area contributed by atoms with Crippen LogP contribution in [0.2, 0.25) is 0 Å². The number of carbonyl (C=O) groups is 1. The topological polar surface area (TPSA) is 55.1 Å². The van der Waals surface area contributed by atoms with Crippen LogP contribution in [0.15, 0.2) is 18.2 Å². The molecule has 15 heavy (non-hydrogen) atoms. The molecule has 1 aromatic carbocycles. The zero-order chi connectivity index (χ0) is 11.3. The number of nitrogens with two attached hydrogens (primary N) is 1. The number of hydrazine groups is 1. The lowest BCUT2D eigenvalue weighted by atomic mass is 10.0. The summed E-state index contributed by atoms with van der Waals surface area (Å²) in [6.07, 6.45) is 2.25. The van der Waals surface area contributed by atoms with Gasteiger partial charge in [-0.1, -0.05) is 18.2 Å². The highest BCUT2D eigenvalue weighted by Gasteiger charge is 2.00. The molecule has 0 aliphatic rings. The number of aryl methyl sites for hydroxylation is 3. The van der Waals surface area contributed by atoms with Gasteiger partial charge in [-0.25, -0.2) is 5.84 Å². The van der Waals surface area contributed by atoms with Crippen LogP contribution in [-0.2, 0) is 11.2 Å². The maximum atomic E-state index is 10.9. The summed E-state index contributed by atoms with van der Waals surface area (Å²) in [5.74, 6) is 4.90. The first-order chi connectivity index (χ1) is 7.13. The first-order valence-electron chi connectivity index (χ1n) is 5.19. The van der Waals surface area contributed by atoms with Crippen molar-refractivity contribution in [2.24, 2.45) is 5.84 Å². The van der Waals surface area contributed by atoms with Gasteiger partial charge in [-0.2, -0.15) is 0 Å². The number of carbonyl (C=O) groups excluding carboxylic acids is 1. The number of benzene rings is 1. The van der Waals surface area contributed by atoms with Crippen molar-refractivity contribution in [1.82, 2.24) is 5.43 Å². The number of amides is 1. The molecule has 1 amide bonds. The van der Waals surface area contributed by atoms with E-state index in [9.17, 15) is 4.79 Å². The fourth-order valence-electron chi connectivity index (χ4n) is 1.48. The average molecular weight is 206 g/mol. The van der Waals surface area contributed by atoms with Gasteiger partial charge >= 0.3 is 0 Å². The van der Waals surface area contributed by atoms with Crippen LogP contribution in [-0.4, -0.2) is 5.91 Å². The van der Waals surface area contributed by atoms with Gasteiger partial charge in [0.25, 0.3) is 0 Å².